The third-order valence-corrected chi connectivity index (χ3v) is 5.07. The molecule has 138 valence electrons. The van der Waals surface area contributed by atoms with Crippen molar-refractivity contribution in [3.63, 3.8) is 0 Å². The maximum absolute atomic E-state index is 13.0. The van der Waals surface area contributed by atoms with E-state index in [4.69, 9.17) is 4.74 Å². The Balaban J connectivity index is 1.58. The molecule has 3 aromatic rings. The van der Waals surface area contributed by atoms with Gasteiger partial charge in [0.2, 0.25) is 5.88 Å². The normalized spacial score (nSPS) is 16.9. The Morgan fingerprint density at radius 2 is 2.07 bits per heavy atom. The summed E-state index contributed by atoms with van der Waals surface area (Å²) in [5.41, 5.74) is 3.85. The molecule has 1 aliphatic heterocycles. The molecule has 1 aliphatic rings. The number of aromatic amines is 1. The van der Waals surface area contributed by atoms with Gasteiger partial charge in [0.25, 0.3) is 5.91 Å². The van der Waals surface area contributed by atoms with Gasteiger partial charge in [-0.25, -0.2) is 4.98 Å². The zero-order valence-electron chi connectivity index (χ0n) is 15.3. The summed E-state index contributed by atoms with van der Waals surface area (Å²) in [6, 6.07) is 13.8. The molecule has 6 nitrogen and oxygen atoms in total. The van der Waals surface area contributed by atoms with Crippen LogP contribution in [0.5, 0.6) is 5.88 Å². The molecule has 0 bridgehead atoms. The number of nitrogens with one attached hydrogen (secondary N) is 1. The van der Waals surface area contributed by atoms with Crippen LogP contribution in [-0.2, 0) is 0 Å². The average Bonchev–Trinajstić information content (AvgIpc) is 3.24. The van der Waals surface area contributed by atoms with Crippen molar-refractivity contribution in [3.05, 3.63) is 66.1 Å². The number of H-pyrrole nitrogens is 1. The molecule has 0 saturated carbocycles. The van der Waals surface area contributed by atoms with Gasteiger partial charge in [-0.05, 0) is 30.5 Å². The summed E-state index contributed by atoms with van der Waals surface area (Å²) in [5, 5.41) is 7.44. The summed E-state index contributed by atoms with van der Waals surface area (Å²) in [5.74, 6) is 0.560. The van der Waals surface area contributed by atoms with Gasteiger partial charge >= 0.3 is 0 Å². The summed E-state index contributed by atoms with van der Waals surface area (Å²) in [4.78, 5) is 19.1. The van der Waals surface area contributed by atoms with Gasteiger partial charge in [-0.1, -0.05) is 30.3 Å². The standard InChI is InChI=1S/C21H22N4O2/c1-27-20-17(10-5-11-22-20)21(26)25-12-6-9-16(14-25)19-18(13-23-24-19)15-7-3-2-4-8-15/h2-5,7-8,10-11,13,16H,6,9,12,14H2,1H3,(H,23,24)/t16-/m0/s1. The molecular formula is C21H22N4O2. The third-order valence-electron chi connectivity index (χ3n) is 5.07. The monoisotopic (exact) mass is 362 g/mol. The molecule has 1 N–H and O–H groups in total. The second kappa shape index (κ2) is 7.61. The molecular weight excluding hydrogens is 340 g/mol. The number of piperidine rings is 1. The molecule has 0 aliphatic carbocycles. The Morgan fingerprint density at radius 3 is 2.89 bits per heavy atom. The number of rotatable bonds is 4. The second-order valence-corrected chi connectivity index (χ2v) is 6.71. The number of hydrogen-bond acceptors (Lipinski definition) is 4. The number of carbonyl (C=O) groups is 1. The first-order valence-corrected chi connectivity index (χ1v) is 9.15. The molecule has 6 heteroatoms. The van der Waals surface area contributed by atoms with Crippen LogP contribution in [-0.4, -0.2) is 46.2 Å². The topological polar surface area (TPSA) is 71.1 Å². The lowest BCUT2D eigenvalue weighted by Crippen LogP contribution is -2.39. The van der Waals surface area contributed by atoms with Gasteiger partial charge in [0, 0.05) is 36.5 Å². The van der Waals surface area contributed by atoms with Crippen molar-refractivity contribution in [2.75, 3.05) is 20.2 Å². The van der Waals surface area contributed by atoms with E-state index in [0.717, 1.165) is 36.2 Å². The quantitative estimate of drug-likeness (QED) is 0.771. The lowest BCUT2D eigenvalue weighted by molar-refractivity contribution is 0.0701. The fourth-order valence-corrected chi connectivity index (χ4v) is 3.74. The van der Waals surface area contributed by atoms with Crippen molar-refractivity contribution >= 4 is 5.91 Å². The summed E-state index contributed by atoms with van der Waals surface area (Å²) >= 11 is 0. The largest absolute Gasteiger partial charge is 0.480 e. The second-order valence-electron chi connectivity index (χ2n) is 6.71. The van der Waals surface area contributed by atoms with Crippen molar-refractivity contribution in [1.29, 1.82) is 0 Å². The van der Waals surface area contributed by atoms with E-state index >= 15 is 0 Å². The number of benzene rings is 1. The van der Waals surface area contributed by atoms with Crippen molar-refractivity contribution in [1.82, 2.24) is 20.1 Å². The van der Waals surface area contributed by atoms with E-state index in [0.29, 0.717) is 18.0 Å². The zero-order chi connectivity index (χ0) is 18.6. The van der Waals surface area contributed by atoms with E-state index in [1.165, 1.54) is 7.11 Å². The first-order chi connectivity index (χ1) is 13.3. The molecule has 0 unspecified atom stereocenters. The summed E-state index contributed by atoms with van der Waals surface area (Å²) < 4.78 is 5.26. The lowest BCUT2D eigenvalue weighted by Gasteiger charge is -2.33. The Labute approximate surface area is 158 Å². The Morgan fingerprint density at radius 1 is 1.22 bits per heavy atom. The summed E-state index contributed by atoms with van der Waals surface area (Å²) in [6.45, 7) is 1.39. The number of pyridine rings is 1. The maximum atomic E-state index is 13.0. The highest BCUT2D eigenvalue weighted by molar-refractivity contribution is 5.96. The van der Waals surface area contributed by atoms with Gasteiger partial charge in [-0.15, -0.1) is 0 Å². The third kappa shape index (κ3) is 3.43. The van der Waals surface area contributed by atoms with E-state index < -0.39 is 0 Å². The van der Waals surface area contributed by atoms with Gasteiger partial charge in [0.1, 0.15) is 5.56 Å². The fourth-order valence-electron chi connectivity index (χ4n) is 3.74. The van der Waals surface area contributed by atoms with Crippen molar-refractivity contribution in [2.45, 2.75) is 18.8 Å². The first-order valence-electron chi connectivity index (χ1n) is 9.15. The number of hydrogen-bond donors (Lipinski definition) is 1. The number of ether oxygens (including phenoxy) is 1. The molecule has 0 spiro atoms. The SMILES string of the molecule is COc1ncccc1C(=O)N1CCC[C@H](c2[nH]ncc2-c2ccccc2)C1. The lowest BCUT2D eigenvalue weighted by atomic mass is 9.90. The van der Waals surface area contributed by atoms with E-state index in [1.807, 2.05) is 29.3 Å². The maximum Gasteiger partial charge on any atom is 0.259 e. The van der Waals surface area contributed by atoms with Gasteiger partial charge in [0.15, 0.2) is 0 Å². The smallest absolute Gasteiger partial charge is 0.259 e. The van der Waals surface area contributed by atoms with Crippen LogP contribution in [0.15, 0.2) is 54.9 Å². The minimum atomic E-state index is -0.0366. The highest BCUT2D eigenvalue weighted by Crippen LogP contribution is 2.33. The Hall–Kier alpha value is -3.15. The number of aromatic nitrogens is 3. The van der Waals surface area contributed by atoms with Crippen molar-refractivity contribution in [3.8, 4) is 17.0 Å². The van der Waals surface area contributed by atoms with Gasteiger partial charge in [-0.2, -0.15) is 5.10 Å². The van der Waals surface area contributed by atoms with E-state index in [1.54, 1.807) is 18.3 Å². The molecule has 1 aromatic carbocycles. The molecule has 3 heterocycles. The van der Waals surface area contributed by atoms with Crippen LogP contribution in [0, 0.1) is 0 Å². The predicted octanol–water partition coefficient (Wildman–Crippen LogP) is 3.50. The molecule has 2 aromatic heterocycles. The van der Waals surface area contributed by atoms with Crippen LogP contribution in [0.3, 0.4) is 0 Å². The Kier molecular flexibility index (Phi) is 4.87. The molecule has 1 amide bonds. The zero-order valence-corrected chi connectivity index (χ0v) is 15.3. The van der Waals surface area contributed by atoms with Crippen LogP contribution in [0.1, 0.15) is 34.8 Å². The summed E-state index contributed by atoms with van der Waals surface area (Å²) in [7, 11) is 1.54. The van der Waals surface area contributed by atoms with Crippen LogP contribution in [0.2, 0.25) is 0 Å². The Bertz CT molecular complexity index is 923. The highest BCUT2D eigenvalue weighted by Gasteiger charge is 2.29. The highest BCUT2D eigenvalue weighted by atomic mass is 16.5. The number of nitrogens with zero attached hydrogens (tertiary/aromatic N) is 3. The van der Waals surface area contributed by atoms with Crippen LogP contribution < -0.4 is 4.74 Å². The van der Waals surface area contributed by atoms with Gasteiger partial charge in [-0.3, -0.25) is 9.89 Å². The van der Waals surface area contributed by atoms with E-state index in [9.17, 15) is 4.79 Å². The van der Waals surface area contributed by atoms with Crippen molar-refractivity contribution in [2.24, 2.45) is 0 Å². The van der Waals surface area contributed by atoms with Crippen LogP contribution in [0.25, 0.3) is 11.1 Å². The predicted molar refractivity (Wildman–Crippen MR) is 103 cm³/mol. The van der Waals surface area contributed by atoms with Gasteiger partial charge in [0.05, 0.1) is 13.3 Å². The first kappa shape index (κ1) is 17.3. The average molecular weight is 362 g/mol. The number of likely N-dealkylation sites (tertiary alicyclic amines) is 1. The number of amides is 1. The van der Waals surface area contributed by atoms with E-state index in [2.05, 4.69) is 27.3 Å². The van der Waals surface area contributed by atoms with Crippen LogP contribution >= 0.6 is 0 Å². The molecule has 27 heavy (non-hydrogen) atoms. The molecule has 1 fully saturated rings. The molecule has 1 saturated heterocycles. The fraction of sp³-hybridized carbons (Fsp3) is 0.286. The van der Waals surface area contributed by atoms with Crippen molar-refractivity contribution < 1.29 is 9.53 Å². The molecule has 0 radical (unpaired) electrons. The van der Waals surface area contributed by atoms with E-state index in [-0.39, 0.29) is 11.8 Å². The minimum Gasteiger partial charge on any atom is -0.480 e. The molecule has 4 rings (SSSR count). The van der Waals surface area contributed by atoms with Gasteiger partial charge < -0.3 is 9.64 Å². The number of methoxy groups -OCH3 is 1. The number of carbonyl (C=O) groups excluding carboxylic acids is 1. The molecule has 1 atom stereocenters. The minimum absolute atomic E-state index is 0.0366. The summed E-state index contributed by atoms with van der Waals surface area (Å²) in [6.07, 6.45) is 5.48. The van der Waals surface area contributed by atoms with Crippen LogP contribution in [0.4, 0.5) is 0 Å².